The minimum absolute atomic E-state index is 0.0370. The fraction of sp³-hybridized carbons (Fsp3) is 0.333. The van der Waals surface area contributed by atoms with Crippen LogP contribution >= 0.6 is 11.8 Å². The summed E-state index contributed by atoms with van der Waals surface area (Å²) in [6.45, 7) is 0. The Morgan fingerprint density at radius 3 is 2.57 bits per heavy atom. The molecule has 0 aromatic heterocycles. The molecule has 39 valence electrons. The van der Waals surface area contributed by atoms with E-state index in [1.165, 1.54) is 6.29 Å². The van der Waals surface area contributed by atoms with E-state index < -0.39 is 5.24 Å². The summed E-state index contributed by atoms with van der Waals surface area (Å²) in [4.78, 5) is 19.1. The molecule has 0 aliphatic carbocycles. The lowest BCUT2D eigenvalue weighted by atomic mass is 10.9. The van der Waals surface area contributed by atoms with Crippen LogP contribution in [0.2, 0.25) is 0 Å². The maximum absolute atomic E-state index is 9.76. The van der Waals surface area contributed by atoms with E-state index in [1.807, 2.05) is 0 Å². The monoisotopic (exact) mass is 118 g/mol. The van der Waals surface area contributed by atoms with Gasteiger partial charge in [-0.25, -0.2) is 0 Å². The Hall–Kier alpha value is -0.510. The van der Waals surface area contributed by atoms with Crippen molar-refractivity contribution in [2.24, 2.45) is 5.73 Å². The van der Waals surface area contributed by atoms with Crippen LogP contribution in [0.4, 0.5) is 4.79 Å². The number of hydrogen-bond donors (Lipinski definition) is 1. The van der Waals surface area contributed by atoms with E-state index in [1.54, 1.807) is 0 Å². The average molecular weight is 118 g/mol. The summed E-state index contributed by atoms with van der Waals surface area (Å²) in [6.07, 6.45) is 1.51. The molecule has 0 spiro atoms. The Balaban J connectivity index is 2.97. The van der Waals surface area contributed by atoms with Crippen LogP contribution in [0, 0.1) is 0 Å². The summed E-state index contributed by atoms with van der Waals surface area (Å²) in [6, 6.07) is 0. The molecule has 0 rings (SSSR count). The maximum atomic E-state index is 9.76. The van der Waals surface area contributed by atoms with Gasteiger partial charge in [0.2, 0.25) is 6.29 Å². The van der Waals surface area contributed by atoms with E-state index in [4.69, 9.17) is 0 Å². The number of carbonyl (C=O) groups excluding carboxylic acids is 2. The van der Waals surface area contributed by atoms with Crippen molar-refractivity contribution in [3.63, 3.8) is 0 Å². The first-order chi connectivity index (χ1) is 3.27. The van der Waals surface area contributed by atoms with Crippen molar-refractivity contribution < 1.29 is 9.59 Å². The molecule has 1 radical (unpaired) electrons. The van der Waals surface area contributed by atoms with Gasteiger partial charge in [0.15, 0.2) is 0 Å². The third-order valence-corrected chi connectivity index (χ3v) is 0.820. The smallest absolute Gasteiger partial charge is 0.276 e. The number of primary amides is 1. The molecule has 0 saturated heterocycles. The molecule has 0 atom stereocenters. The van der Waals surface area contributed by atoms with Gasteiger partial charge >= 0.3 is 0 Å². The Bertz CT molecular complexity index is 83.0. The van der Waals surface area contributed by atoms with Crippen LogP contribution in [0.3, 0.4) is 0 Å². The number of thioether (sulfide) groups is 1. The lowest BCUT2D eigenvalue weighted by Gasteiger charge is -1.80. The van der Waals surface area contributed by atoms with Gasteiger partial charge in [0, 0.05) is 0 Å². The SMILES string of the molecule is NC(=O)SC[C]=O. The second kappa shape index (κ2) is 3.67. The highest BCUT2D eigenvalue weighted by molar-refractivity contribution is 8.14. The lowest BCUT2D eigenvalue weighted by molar-refractivity contribution is 0.267. The largest absolute Gasteiger partial charge is 0.361 e. The molecule has 7 heavy (non-hydrogen) atoms. The fourth-order valence-corrected chi connectivity index (χ4v) is 0.302. The number of hydrogen-bond acceptors (Lipinski definition) is 3. The summed E-state index contributed by atoms with van der Waals surface area (Å²) >= 11 is 0.747. The molecule has 2 N–H and O–H groups in total. The van der Waals surface area contributed by atoms with Gasteiger partial charge in [0.1, 0.15) is 0 Å². The molecule has 0 bridgehead atoms. The van der Waals surface area contributed by atoms with Gasteiger partial charge in [-0.1, -0.05) is 11.8 Å². The number of nitrogens with two attached hydrogens (primary N) is 1. The summed E-state index contributed by atoms with van der Waals surface area (Å²) in [7, 11) is 0. The van der Waals surface area contributed by atoms with Crippen LogP contribution in [0.25, 0.3) is 0 Å². The molecular formula is C3H4NO2S. The molecule has 0 unspecified atom stereocenters. The van der Waals surface area contributed by atoms with Crippen molar-refractivity contribution in [3.05, 3.63) is 0 Å². The fourth-order valence-electron chi connectivity index (χ4n) is 0.101. The number of amides is 1. The topological polar surface area (TPSA) is 60.2 Å². The van der Waals surface area contributed by atoms with E-state index in [-0.39, 0.29) is 5.75 Å². The first kappa shape index (κ1) is 6.49. The van der Waals surface area contributed by atoms with Crippen molar-refractivity contribution in [2.45, 2.75) is 0 Å². The normalized spacial score (nSPS) is 8.00. The quantitative estimate of drug-likeness (QED) is 0.551. The van der Waals surface area contributed by atoms with Crippen LogP contribution in [-0.2, 0) is 4.79 Å². The summed E-state index contributed by atoms with van der Waals surface area (Å²) < 4.78 is 0. The molecule has 0 aromatic rings. The van der Waals surface area contributed by atoms with E-state index in [2.05, 4.69) is 5.73 Å². The molecule has 0 fully saturated rings. The standard InChI is InChI=1S/C3H4NO2S/c4-3(6)7-2-1-5/h2H2,(H2,4,6). The second-order valence-electron chi connectivity index (χ2n) is 0.752. The van der Waals surface area contributed by atoms with Gasteiger partial charge in [0.05, 0.1) is 5.75 Å². The van der Waals surface area contributed by atoms with Gasteiger partial charge in [-0.05, 0) is 0 Å². The summed E-state index contributed by atoms with van der Waals surface area (Å²) in [5.74, 6) is 0.0370. The summed E-state index contributed by atoms with van der Waals surface area (Å²) in [5.41, 5.74) is 4.62. The number of carbonyl (C=O) groups is 1. The highest BCUT2D eigenvalue weighted by Crippen LogP contribution is 1.93. The molecule has 1 amide bonds. The first-order valence-corrected chi connectivity index (χ1v) is 2.53. The van der Waals surface area contributed by atoms with Gasteiger partial charge in [-0.2, -0.15) is 0 Å². The van der Waals surface area contributed by atoms with Crippen molar-refractivity contribution in [2.75, 3.05) is 5.75 Å². The molecule has 0 aromatic carbocycles. The van der Waals surface area contributed by atoms with Crippen molar-refractivity contribution in [1.82, 2.24) is 0 Å². The Morgan fingerprint density at radius 2 is 2.43 bits per heavy atom. The summed E-state index contributed by atoms with van der Waals surface area (Å²) in [5, 5.41) is -0.539. The third-order valence-electron chi connectivity index (χ3n) is 0.273. The second-order valence-corrected chi connectivity index (χ2v) is 1.73. The molecular weight excluding hydrogens is 114 g/mol. The maximum Gasteiger partial charge on any atom is 0.276 e. The molecule has 0 aliphatic rings. The van der Waals surface area contributed by atoms with Crippen LogP contribution < -0.4 is 5.73 Å². The van der Waals surface area contributed by atoms with Gasteiger partial charge < -0.3 is 5.73 Å². The molecule has 0 saturated carbocycles. The van der Waals surface area contributed by atoms with Crippen LogP contribution in [-0.4, -0.2) is 17.3 Å². The Labute approximate surface area is 45.3 Å². The average Bonchev–Trinajstić information content (AvgIpc) is 1.61. The third kappa shape index (κ3) is 5.49. The van der Waals surface area contributed by atoms with E-state index in [0.717, 1.165) is 11.8 Å². The van der Waals surface area contributed by atoms with E-state index >= 15 is 0 Å². The first-order valence-electron chi connectivity index (χ1n) is 1.54. The zero-order chi connectivity index (χ0) is 5.70. The van der Waals surface area contributed by atoms with Gasteiger partial charge in [-0.3, -0.25) is 9.59 Å². The van der Waals surface area contributed by atoms with Crippen LogP contribution in [0.5, 0.6) is 0 Å². The molecule has 0 aliphatic heterocycles. The van der Waals surface area contributed by atoms with Crippen LogP contribution in [0.1, 0.15) is 0 Å². The molecule has 4 heteroatoms. The zero-order valence-electron chi connectivity index (χ0n) is 3.51. The predicted octanol–water partition coefficient (Wildman–Crippen LogP) is -0.0920. The van der Waals surface area contributed by atoms with Crippen molar-refractivity contribution in [1.29, 1.82) is 0 Å². The van der Waals surface area contributed by atoms with Gasteiger partial charge in [-0.15, -0.1) is 0 Å². The Kier molecular flexibility index (Phi) is 3.40. The van der Waals surface area contributed by atoms with Crippen molar-refractivity contribution in [3.8, 4) is 0 Å². The van der Waals surface area contributed by atoms with E-state index in [0.29, 0.717) is 0 Å². The van der Waals surface area contributed by atoms with Crippen LogP contribution in [0.15, 0.2) is 0 Å². The van der Waals surface area contributed by atoms with E-state index in [9.17, 15) is 9.59 Å². The number of rotatable bonds is 2. The molecule has 0 heterocycles. The minimum atomic E-state index is -0.539. The zero-order valence-corrected chi connectivity index (χ0v) is 4.33. The molecule has 3 nitrogen and oxygen atoms in total. The highest BCUT2D eigenvalue weighted by atomic mass is 32.2. The Morgan fingerprint density at radius 1 is 1.86 bits per heavy atom. The predicted molar refractivity (Wildman–Crippen MR) is 27.7 cm³/mol. The van der Waals surface area contributed by atoms with Gasteiger partial charge in [0.25, 0.3) is 5.24 Å². The highest BCUT2D eigenvalue weighted by Gasteiger charge is 1.89. The minimum Gasteiger partial charge on any atom is -0.361 e. The lowest BCUT2D eigenvalue weighted by Crippen LogP contribution is -2.02. The van der Waals surface area contributed by atoms with Crippen molar-refractivity contribution >= 4 is 23.3 Å².